The average molecular weight is 288 g/mol. The third kappa shape index (κ3) is 3.79. The molecule has 0 spiro atoms. The van der Waals surface area contributed by atoms with Gasteiger partial charge in [0.25, 0.3) is 0 Å². The summed E-state index contributed by atoms with van der Waals surface area (Å²) in [5.41, 5.74) is 3.22. The number of likely N-dealkylation sites (N-methyl/N-ethyl adjacent to an activating group) is 1. The lowest BCUT2D eigenvalue weighted by Gasteiger charge is -2.17. The average Bonchev–Trinajstić information content (AvgIpc) is 2.54. The largest absolute Gasteiger partial charge is 0.494 e. The van der Waals surface area contributed by atoms with E-state index in [2.05, 4.69) is 23.3 Å². The van der Waals surface area contributed by atoms with Crippen molar-refractivity contribution in [1.29, 1.82) is 0 Å². The van der Waals surface area contributed by atoms with Crippen LogP contribution in [-0.4, -0.2) is 19.1 Å². The topological polar surface area (TPSA) is 34.1 Å². The van der Waals surface area contributed by atoms with Crippen LogP contribution in [0.4, 0.5) is 4.39 Å². The summed E-state index contributed by atoms with van der Waals surface area (Å²) in [7, 11) is 3.36. The van der Waals surface area contributed by atoms with Gasteiger partial charge in [0.05, 0.1) is 7.11 Å². The summed E-state index contributed by atoms with van der Waals surface area (Å²) in [6.07, 6.45) is 3.64. The molecule has 2 aromatic rings. The van der Waals surface area contributed by atoms with Gasteiger partial charge in [-0.2, -0.15) is 0 Å². The van der Waals surface area contributed by atoms with E-state index in [0.717, 1.165) is 24.1 Å². The van der Waals surface area contributed by atoms with E-state index in [0.29, 0.717) is 0 Å². The molecule has 112 valence electrons. The summed E-state index contributed by atoms with van der Waals surface area (Å²) in [4.78, 5) is 4.48. The van der Waals surface area contributed by atoms with Crippen LogP contribution in [-0.2, 0) is 12.8 Å². The fourth-order valence-electron chi connectivity index (χ4n) is 2.27. The maximum atomic E-state index is 13.5. The molecule has 21 heavy (non-hydrogen) atoms. The molecule has 1 N–H and O–H groups in total. The standard InChI is InChI=1S/C17H21FN2O/c1-4-12-5-7-14(20-11-12)10-16(19-2)13-6-8-15(18)17(9-13)21-3/h5-9,11,16,19H,4,10H2,1-3H3. The van der Waals surface area contributed by atoms with Crippen molar-refractivity contribution in [3.8, 4) is 5.75 Å². The zero-order chi connectivity index (χ0) is 15.2. The van der Waals surface area contributed by atoms with Crippen molar-refractivity contribution < 1.29 is 9.13 Å². The van der Waals surface area contributed by atoms with Gasteiger partial charge in [0, 0.05) is 24.4 Å². The molecule has 1 aromatic heterocycles. The second-order valence-electron chi connectivity index (χ2n) is 4.95. The van der Waals surface area contributed by atoms with Crippen LogP contribution in [0.5, 0.6) is 5.75 Å². The fraction of sp³-hybridized carbons (Fsp3) is 0.353. The van der Waals surface area contributed by atoms with Gasteiger partial charge in [-0.25, -0.2) is 4.39 Å². The van der Waals surface area contributed by atoms with Crippen molar-refractivity contribution in [3.63, 3.8) is 0 Å². The van der Waals surface area contributed by atoms with E-state index >= 15 is 0 Å². The van der Waals surface area contributed by atoms with Crippen molar-refractivity contribution in [2.24, 2.45) is 0 Å². The van der Waals surface area contributed by atoms with Gasteiger partial charge in [-0.1, -0.05) is 19.1 Å². The van der Waals surface area contributed by atoms with Gasteiger partial charge in [0.1, 0.15) is 0 Å². The molecule has 0 saturated carbocycles. The lowest BCUT2D eigenvalue weighted by Crippen LogP contribution is -2.19. The summed E-state index contributed by atoms with van der Waals surface area (Å²) in [5.74, 6) is -0.0800. The van der Waals surface area contributed by atoms with E-state index < -0.39 is 0 Å². The number of hydrogen-bond donors (Lipinski definition) is 1. The third-order valence-corrected chi connectivity index (χ3v) is 3.63. The Hall–Kier alpha value is -1.94. The summed E-state index contributed by atoms with van der Waals surface area (Å²) >= 11 is 0. The van der Waals surface area contributed by atoms with Crippen LogP contribution >= 0.6 is 0 Å². The molecule has 0 bridgehead atoms. The van der Waals surface area contributed by atoms with E-state index in [1.165, 1.54) is 18.7 Å². The minimum absolute atomic E-state index is 0.0690. The SMILES string of the molecule is CCc1ccc(CC(NC)c2ccc(F)c(OC)c2)nc1. The summed E-state index contributed by atoms with van der Waals surface area (Å²) < 4.78 is 18.5. The van der Waals surface area contributed by atoms with Gasteiger partial charge in [0.15, 0.2) is 11.6 Å². The van der Waals surface area contributed by atoms with Crippen LogP contribution in [0, 0.1) is 5.82 Å². The van der Waals surface area contributed by atoms with Crippen molar-refractivity contribution in [2.45, 2.75) is 25.8 Å². The highest BCUT2D eigenvalue weighted by atomic mass is 19.1. The normalized spacial score (nSPS) is 12.2. The zero-order valence-corrected chi connectivity index (χ0v) is 12.7. The zero-order valence-electron chi connectivity index (χ0n) is 12.7. The molecule has 4 heteroatoms. The van der Waals surface area contributed by atoms with Gasteiger partial charge in [-0.15, -0.1) is 0 Å². The molecule has 0 aliphatic heterocycles. The van der Waals surface area contributed by atoms with Crippen molar-refractivity contribution >= 4 is 0 Å². The molecule has 2 rings (SSSR count). The number of hydrogen-bond acceptors (Lipinski definition) is 3. The monoisotopic (exact) mass is 288 g/mol. The van der Waals surface area contributed by atoms with E-state index in [4.69, 9.17) is 4.74 Å². The van der Waals surface area contributed by atoms with E-state index in [-0.39, 0.29) is 17.6 Å². The molecular weight excluding hydrogens is 267 g/mol. The molecule has 3 nitrogen and oxygen atoms in total. The molecular formula is C17H21FN2O. The fourth-order valence-corrected chi connectivity index (χ4v) is 2.27. The lowest BCUT2D eigenvalue weighted by molar-refractivity contribution is 0.385. The number of nitrogens with zero attached hydrogens (tertiary/aromatic N) is 1. The van der Waals surface area contributed by atoms with Crippen molar-refractivity contribution in [3.05, 3.63) is 59.2 Å². The highest BCUT2D eigenvalue weighted by Gasteiger charge is 2.13. The Morgan fingerprint density at radius 3 is 2.67 bits per heavy atom. The minimum Gasteiger partial charge on any atom is -0.494 e. The molecule has 0 saturated heterocycles. The summed E-state index contributed by atoms with van der Waals surface area (Å²) in [5, 5.41) is 3.25. The molecule has 0 radical (unpaired) electrons. The molecule has 1 atom stereocenters. The number of ether oxygens (including phenoxy) is 1. The van der Waals surface area contributed by atoms with E-state index in [1.807, 2.05) is 19.3 Å². The first kappa shape index (κ1) is 15.4. The maximum Gasteiger partial charge on any atom is 0.165 e. The Kier molecular flexibility index (Phi) is 5.28. The minimum atomic E-state index is -0.346. The second-order valence-corrected chi connectivity index (χ2v) is 4.95. The molecule has 0 fully saturated rings. The molecule has 1 heterocycles. The first-order valence-electron chi connectivity index (χ1n) is 7.12. The lowest BCUT2D eigenvalue weighted by atomic mass is 10.0. The number of benzene rings is 1. The number of rotatable bonds is 6. The van der Waals surface area contributed by atoms with Gasteiger partial charge in [-0.05, 0) is 42.8 Å². The number of methoxy groups -OCH3 is 1. The van der Waals surface area contributed by atoms with Crippen LogP contribution in [0.2, 0.25) is 0 Å². The quantitative estimate of drug-likeness (QED) is 0.885. The van der Waals surface area contributed by atoms with Gasteiger partial charge in [0.2, 0.25) is 0 Å². The Morgan fingerprint density at radius 2 is 2.10 bits per heavy atom. The number of pyridine rings is 1. The van der Waals surface area contributed by atoms with Crippen LogP contribution < -0.4 is 10.1 Å². The highest BCUT2D eigenvalue weighted by molar-refractivity contribution is 5.33. The summed E-state index contributed by atoms with van der Waals surface area (Å²) in [6.45, 7) is 2.11. The van der Waals surface area contributed by atoms with Gasteiger partial charge < -0.3 is 10.1 Å². The van der Waals surface area contributed by atoms with E-state index in [9.17, 15) is 4.39 Å². The van der Waals surface area contributed by atoms with Gasteiger partial charge >= 0.3 is 0 Å². The van der Waals surface area contributed by atoms with Crippen LogP contribution in [0.1, 0.15) is 29.8 Å². The predicted molar refractivity (Wildman–Crippen MR) is 82.1 cm³/mol. The Morgan fingerprint density at radius 1 is 1.29 bits per heavy atom. The van der Waals surface area contributed by atoms with Crippen LogP contribution in [0.3, 0.4) is 0 Å². The molecule has 0 aliphatic rings. The maximum absolute atomic E-state index is 13.5. The molecule has 0 amide bonds. The Balaban J connectivity index is 2.18. The molecule has 1 aromatic carbocycles. The highest BCUT2D eigenvalue weighted by Crippen LogP contribution is 2.24. The first-order chi connectivity index (χ1) is 10.2. The number of aromatic nitrogens is 1. The number of halogens is 1. The third-order valence-electron chi connectivity index (χ3n) is 3.63. The van der Waals surface area contributed by atoms with Crippen LogP contribution in [0.25, 0.3) is 0 Å². The number of nitrogens with one attached hydrogen (secondary N) is 1. The predicted octanol–water partition coefficient (Wildman–Crippen LogP) is 3.29. The summed E-state index contributed by atoms with van der Waals surface area (Å²) in [6, 6.07) is 9.16. The van der Waals surface area contributed by atoms with Crippen molar-refractivity contribution in [1.82, 2.24) is 10.3 Å². The molecule has 0 aliphatic carbocycles. The van der Waals surface area contributed by atoms with Crippen LogP contribution in [0.15, 0.2) is 36.5 Å². The first-order valence-corrected chi connectivity index (χ1v) is 7.12. The smallest absolute Gasteiger partial charge is 0.165 e. The Labute approximate surface area is 125 Å². The Bertz CT molecular complexity index is 584. The van der Waals surface area contributed by atoms with E-state index in [1.54, 1.807) is 12.1 Å². The van der Waals surface area contributed by atoms with Gasteiger partial charge in [-0.3, -0.25) is 4.98 Å². The van der Waals surface area contributed by atoms with Crippen molar-refractivity contribution in [2.75, 3.05) is 14.2 Å². The molecule has 1 unspecified atom stereocenters. The number of aryl methyl sites for hydroxylation is 1. The second kappa shape index (κ2) is 7.18.